The van der Waals surface area contributed by atoms with Gasteiger partial charge in [0.05, 0.1) is 12.4 Å². The third-order valence-corrected chi connectivity index (χ3v) is 6.04. The molecule has 0 aliphatic carbocycles. The molecule has 2 nitrogen and oxygen atoms in total. The fourth-order valence-corrected chi connectivity index (χ4v) is 4.61. The highest BCUT2D eigenvalue weighted by molar-refractivity contribution is 9.10. The van der Waals surface area contributed by atoms with Gasteiger partial charge in [0.1, 0.15) is 5.75 Å². The third-order valence-electron chi connectivity index (χ3n) is 2.65. The molecule has 0 amide bonds. The average molecular weight is 358 g/mol. The second-order valence-corrected chi connectivity index (χ2v) is 7.32. The molecule has 0 saturated heterocycles. The molecule has 2 N–H and O–H groups in total. The molecular formula is C14H16BrNOS2. The van der Waals surface area contributed by atoms with E-state index in [9.17, 15) is 0 Å². The number of hydrogen-bond donors (Lipinski definition) is 1. The quantitative estimate of drug-likeness (QED) is 0.787. The molecule has 0 aliphatic heterocycles. The Bertz CT molecular complexity index is 542. The van der Waals surface area contributed by atoms with Crippen LogP contribution in [0.1, 0.15) is 17.1 Å². The minimum absolute atomic E-state index is 0.0850. The van der Waals surface area contributed by atoms with E-state index in [0.717, 1.165) is 10.2 Å². The van der Waals surface area contributed by atoms with Crippen molar-refractivity contribution in [3.05, 3.63) is 45.1 Å². The number of methoxy groups -OCH3 is 1. The van der Waals surface area contributed by atoms with Crippen LogP contribution in [0, 0.1) is 0 Å². The van der Waals surface area contributed by atoms with E-state index in [1.807, 2.05) is 25.1 Å². The van der Waals surface area contributed by atoms with Gasteiger partial charge < -0.3 is 10.5 Å². The topological polar surface area (TPSA) is 35.2 Å². The Labute approximate surface area is 130 Å². The zero-order valence-electron chi connectivity index (χ0n) is 10.8. The van der Waals surface area contributed by atoms with Gasteiger partial charge in [0, 0.05) is 25.7 Å². The van der Waals surface area contributed by atoms with E-state index in [1.54, 1.807) is 30.2 Å². The van der Waals surface area contributed by atoms with E-state index in [2.05, 4.69) is 33.4 Å². The van der Waals surface area contributed by atoms with E-state index < -0.39 is 0 Å². The van der Waals surface area contributed by atoms with E-state index >= 15 is 0 Å². The lowest BCUT2D eigenvalue weighted by molar-refractivity contribution is 0.413. The van der Waals surface area contributed by atoms with Gasteiger partial charge in [-0.2, -0.15) is 0 Å². The van der Waals surface area contributed by atoms with E-state index in [-0.39, 0.29) is 11.3 Å². The Kier molecular flexibility index (Phi) is 5.33. The molecule has 2 rings (SSSR count). The summed E-state index contributed by atoms with van der Waals surface area (Å²) in [7, 11) is 1.68. The maximum atomic E-state index is 6.14. The Morgan fingerprint density at radius 1 is 1.37 bits per heavy atom. The summed E-state index contributed by atoms with van der Waals surface area (Å²) in [6.07, 6.45) is 0. The summed E-state index contributed by atoms with van der Waals surface area (Å²) in [5, 5.41) is 2.35. The highest BCUT2D eigenvalue weighted by atomic mass is 79.9. The van der Waals surface area contributed by atoms with Gasteiger partial charge in [-0.05, 0) is 47.1 Å². The van der Waals surface area contributed by atoms with Crippen molar-refractivity contribution in [2.24, 2.45) is 5.73 Å². The van der Waals surface area contributed by atoms with Crippen molar-refractivity contribution in [2.75, 3.05) is 7.11 Å². The molecule has 5 heteroatoms. The zero-order valence-corrected chi connectivity index (χ0v) is 14.0. The molecule has 0 radical (unpaired) electrons. The molecule has 0 saturated carbocycles. The number of halogens is 1. The molecule has 1 aromatic carbocycles. The van der Waals surface area contributed by atoms with Crippen molar-refractivity contribution in [1.82, 2.24) is 0 Å². The van der Waals surface area contributed by atoms with Crippen molar-refractivity contribution in [3.8, 4) is 5.75 Å². The molecule has 2 atom stereocenters. The van der Waals surface area contributed by atoms with Crippen molar-refractivity contribution >= 4 is 39.0 Å². The Hall–Kier alpha value is -0.490. The number of benzene rings is 1. The Morgan fingerprint density at radius 2 is 2.16 bits per heavy atom. The van der Waals surface area contributed by atoms with Crippen LogP contribution in [0.2, 0.25) is 0 Å². The number of rotatable bonds is 5. The SMILES string of the molecule is COc1cccc(SC(c2cc(Br)cs2)C(C)N)c1. The second-order valence-electron chi connectivity index (χ2n) is 4.24. The van der Waals surface area contributed by atoms with Gasteiger partial charge in [0.2, 0.25) is 0 Å². The van der Waals surface area contributed by atoms with Crippen molar-refractivity contribution in [3.63, 3.8) is 0 Å². The predicted molar refractivity (Wildman–Crippen MR) is 87.3 cm³/mol. The van der Waals surface area contributed by atoms with Crippen LogP contribution in [0.25, 0.3) is 0 Å². The first-order chi connectivity index (χ1) is 9.10. The van der Waals surface area contributed by atoms with Crippen molar-refractivity contribution < 1.29 is 4.74 Å². The summed E-state index contributed by atoms with van der Waals surface area (Å²) >= 11 is 7.01. The zero-order chi connectivity index (χ0) is 13.8. The normalized spacial score (nSPS) is 14.1. The van der Waals surface area contributed by atoms with Crippen LogP contribution in [0.3, 0.4) is 0 Å². The van der Waals surface area contributed by atoms with Gasteiger partial charge in [0.25, 0.3) is 0 Å². The van der Waals surface area contributed by atoms with Gasteiger partial charge >= 0.3 is 0 Å². The van der Waals surface area contributed by atoms with E-state index in [1.165, 1.54) is 9.77 Å². The Balaban J connectivity index is 2.21. The summed E-state index contributed by atoms with van der Waals surface area (Å²) in [5.41, 5.74) is 6.14. The predicted octanol–water partition coefficient (Wildman–Crippen LogP) is 4.70. The minimum Gasteiger partial charge on any atom is -0.497 e. The molecule has 2 aromatic rings. The number of thiophene rings is 1. The molecule has 0 spiro atoms. The van der Waals surface area contributed by atoms with Crippen LogP contribution in [-0.4, -0.2) is 13.2 Å². The maximum absolute atomic E-state index is 6.14. The molecule has 2 unspecified atom stereocenters. The second kappa shape index (κ2) is 6.79. The lowest BCUT2D eigenvalue weighted by atomic mass is 10.2. The third kappa shape index (κ3) is 3.99. The van der Waals surface area contributed by atoms with Crippen LogP contribution < -0.4 is 10.5 Å². The number of nitrogens with two attached hydrogens (primary N) is 1. The number of hydrogen-bond acceptors (Lipinski definition) is 4. The summed E-state index contributed by atoms with van der Waals surface area (Å²) in [5.74, 6) is 0.876. The summed E-state index contributed by atoms with van der Waals surface area (Å²) in [6, 6.07) is 10.3. The average Bonchev–Trinajstić information content (AvgIpc) is 2.82. The van der Waals surface area contributed by atoms with Gasteiger partial charge in [-0.15, -0.1) is 23.1 Å². The molecule has 0 bridgehead atoms. The molecular weight excluding hydrogens is 342 g/mol. The molecule has 0 fully saturated rings. The summed E-state index contributed by atoms with van der Waals surface area (Å²) in [4.78, 5) is 2.46. The maximum Gasteiger partial charge on any atom is 0.119 e. The van der Waals surface area contributed by atoms with Gasteiger partial charge in [-0.3, -0.25) is 0 Å². The van der Waals surface area contributed by atoms with Crippen LogP contribution in [0.5, 0.6) is 5.75 Å². The van der Waals surface area contributed by atoms with E-state index in [4.69, 9.17) is 10.5 Å². The molecule has 0 aliphatic rings. The van der Waals surface area contributed by atoms with Crippen LogP contribution in [0.4, 0.5) is 0 Å². The standard InChI is InChI=1S/C14H16BrNOS2/c1-9(16)14(13-6-10(15)8-18-13)19-12-5-3-4-11(7-12)17-2/h3-9,14H,16H2,1-2H3. The molecule has 1 heterocycles. The number of thioether (sulfide) groups is 1. The first-order valence-corrected chi connectivity index (χ1v) is 8.45. The number of ether oxygens (including phenoxy) is 1. The smallest absolute Gasteiger partial charge is 0.119 e. The van der Waals surface area contributed by atoms with Gasteiger partial charge in [-0.25, -0.2) is 0 Å². The molecule has 102 valence electrons. The minimum atomic E-state index is 0.0850. The van der Waals surface area contributed by atoms with Crippen molar-refractivity contribution in [2.45, 2.75) is 23.1 Å². The fraction of sp³-hybridized carbons (Fsp3) is 0.286. The van der Waals surface area contributed by atoms with Gasteiger partial charge in [0.15, 0.2) is 0 Å². The summed E-state index contributed by atoms with van der Waals surface area (Å²) < 4.78 is 6.37. The van der Waals surface area contributed by atoms with E-state index in [0.29, 0.717) is 0 Å². The van der Waals surface area contributed by atoms with Gasteiger partial charge in [-0.1, -0.05) is 6.07 Å². The largest absolute Gasteiger partial charge is 0.497 e. The highest BCUT2D eigenvalue weighted by Crippen LogP contribution is 2.41. The van der Waals surface area contributed by atoms with Crippen LogP contribution >= 0.6 is 39.0 Å². The molecule has 1 aromatic heterocycles. The highest BCUT2D eigenvalue weighted by Gasteiger charge is 2.19. The monoisotopic (exact) mass is 357 g/mol. The van der Waals surface area contributed by atoms with Crippen molar-refractivity contribution in [1.29, 1.82) is 0 Å². The van der Waals surface area contributed by atoms with Crippen LogP contribution in [0.15, 0.2) is 45.1 Å². The lowest BCUT2D eigenvalue weighted by Gasteiger charge is -2.19. The lowest BCUT2D eigenvalue weighted by Crippen LogP contribution is -2.21. The fourth-order valence-electron chi connectivity index (χ4n) is 1.72. The molecule has 19 heavy (non-hydrogen) atoms. The first kappa shape index (κ1) is 14.9. The first-order valence-electron chi connectivity index (χ1n) is 5.90. The summed E-state index contributed by atoms with van der Waals surface area (Å²) in [6.45, 7) is 2.05. The Morgan fingerprint density at radius 3 is 2.74 bits per heavy atom. The van der Waals surface area contributed by atoms with Crippen LogP contribution in [-0.2, 0) is 0 Å².